The van der Waals surface area contributed by atoms with Gasteiger partial charge in [0.25, 0.3) is 11.8 Å². The van der Waals surface area contributed by atoms with Crippen LogP contribution in [0.5, 0.6) is 0 Å². The van der Waals surface area contributed by atoms with Gasteiger partial charge in [-0.3, -0.25) is 14.6 Å². The number of halogens is 1. The van der Waals surface area contributed by atoms with Crippen LogP contribution in [-0.2, 0) is 0 Å². The zero-order valence-electron chi connectivity index (χ0n) is 15.6. The van der Waals surface area contributed by atoms with E-state index >= 15 is 0 Å². The first-order valence-electron chi connectivity index (χ1n) is 8.86. The third-order valence-corrected chi connectivity index (χ3v) is 4.19. The molecule has 0 aliphatic heterocycles. The molecule has 0 unspecified atom stereocenters. The summed E-state index contributed by atoms with van der Waals surface area (Å²) in [4.78, 5) is 28.8. The van der Waals surface area contributed by atoms with E-state index in [9.17, 15) is 14.0 Å². The molecule has 0 atom stereocenters. The first-order chi connectivity index (χ1) is 13.4. The molecule has 0 aliphatic rings. The maximum Gasteiger partial charge on any atom is 0.274 e. The summed E-state index contributed by atoms with van der Waals surface area (Å²) in [5.74, 6) is -0.804. The van der Waals surface area contributed by atoms with Crippen LogP contribution in [0.4, 0.5) is 15.8 Å². The molecule has 0 aliphatic carbocycles. The van der Waals surface area contributed by atoms with Crippen LogP contribution in [0, 0.1) is 5.82 Å². The van der Waals surface area contributed by atoms with Gasteiger partial charge in [-0.05, 0) is 60.0 Å². The first-order valence-corrected chi connectivity index (χ1v) is 8.86. The Morgan fingerprint density at radius 2 is 1.43 bits per heavy atom. The lowest BCUT2D eigenvalue weighted by molar-refractivity contribution is 0.102. The number of aromatic nitrogens is 1. The van der Waals surface area contributed by atoms with Crippen LogP contribution in [-0.4, -0.2) is 16.8 Å². The SMILES string of the molecule is CC(C)c1ccc(NC(=O)c2ccnc(C(=O)Nc3ccc(F)cc3)c2)cc1. The standard InChI is InChI=1S/C22H20FN3O2/c1-14(2)15-3-7-18(8-4-15)25-21(27)16-11-12-24-20(13-16)22(28)26-19-9-5-17(23)6-10-19/h3-14H,1-2H3,(H,25,27)(H,26,28). The van der Waals surface area contributed by atoms with Crippen molar-refractivity contribution in [2.75, 3.05) is 10.6 Å². The number of benzene rings is 2. The predicted octanol–water partition coefficient (Wildman–Crippen LogP) is 4.85. The van der Waals surface area contributed by atoms with Crippen LogP contribution < -0.4 is 10.6 Å². The molecule has 2 aromatic carbocycles. The first kappa shape index (κ1) is 19.2. The van der Waals surface area contributed by atoms with Crippen molar-refractivity contribution in [3.8, 4) is 0 Å². The van der Waals surface area contributed by atoms with Gasteiger partial charge in [0, 0.05) is 23.1 Å². The number of carbonyl (C=O) groups excluding carboxylic acids is 2. The van der Waals surface area contributed by atoms with Crippen LogP contribution in [0.1, 0.15) is 46.2 Å². The highest BCUT2D eigenvalue weighted by Crippen LogP contribution is 2.18. The normalized spacial score (nSPS) is 10.6. The number of amides is 2. The van der Waals surface area contributed by atoms with Crippen molar-refractivity contribution < 1.29 is 14.0 Å². The number of rotatable bonds is 5. The van der Waals surface area contributed by atoms with Gasteiger partial charge >= 0.3 is 0 Å². The van der Waals surface area contributed by atoms with E-state index in [1.54, 1.807) is 0 Å². The molecule has 2 N–H and O–H groups in total. The summed E-state index contributed by atoms with van der Waals surface area (Å²) in [5, 5.41) is 5.42. The smallest absolute Gasteiger partial charge is 0.274 e. The minimum Gasteiger partial charge on any atom is -0.322 e. The molecule has 0 saturated carbocycles. The molecular weight excluding hydrogens is 357 g/mol. The van der Waals surface area contributed by atoms with Gasteiger partial charge in [-0.1, -0.05) is 26.0 Å². The van der Waals surface area contributed by atoms with E-state index in [-0.39, 0.29) is 11.6 Å². The quantitative estimate of drug-likeness (QED) is 0.668. The van der Waals surface area contributed by atoms with Crippen molar-refractivity contribution in [3.63, 3.8) is 0 Å². The van der Waals surface area contributed by atoms with Crippen LogP contribution >= 0.6 is 0 Å². The molecule has 142 valence electrons. The fraction of sp³-hybridized carbons (Fsp3) is 0.136. The highest BCUT2D eigenvalue weighted by Gasteiger charge is 2.13. The fourth-order valence-electron chi connectivity index (χ4n) is 2.58. The molecular formula is C22H20FN3O2. The van der Waals surface area contributed by atoms with Gasteiger partial charge in [0.2, 0.25) is 0 Å². The summed E-state index contributed by atoms with van der Waals surface area (Å²) < 4.78 is 13.0. The number of carbonyl (C=O) groups is 2. The third-order valence-electron chi connectivity index (χ3n) is 4.19. The highest BCUT2D eigenvalue weighted by molar-refractivity contribution is 6.07. The van der Waals surface area contributed by atoms with Gasteiger partial charge < -0.3 is 10.6 Å². The fourth-order valence-corrected chi connectivity index (χ4v) is 2.58. The summed E-state index contributed by atoms with van der Waals surface area (Å²) in [5.41, 5.74) is 2.69. The number of hydrogen-bond acceptors (Lipinski definition) is 3. The molecule has 6 heteroatoms. The van der Waals surface area contributed by atoms with E-state index in [2.05, 4.69) is 29.5 Å². The summed E-state index contributed by atoms with van der Waals surface area (Å²) in [7, 11) is 0. The Bertz CT molecular complexity index is 983. The maximum absolute atomic E-state index is 13.0. The van der Waals surface area contributed by atoms with E-state index in [4.69, 9.17) is 0 Å². The van der Waals surface area contributed by atoms with Crippen LogP contribution in [0.2, 0.25) is 0 Å². The largest absolute Gasteiger partial charge is 0.322 e. The van der Waals surface area contributed by atoms with Gasteiger partial charge in [-0.15, -0.1) is 0 Å². The zero-order chi connectivity index (χ0) is 20.1. The van der Waals surface area contributed by atoms with Crippen molar-refractivity contribution in [2.24, 2.45) is 0 Å². The Kier molecular flexibility index (Phi) is 5.79. The summed E-state index contributed by atoms with van der Waals surface area (Å²) >= 11 is 0. The van der Waals surface area contributed by atoms with Crippen molar-refractivity contribution in [2.45, 2.75) is 19.8 Å². The lowest BCUT2D eigenvalue weighted by Crippen LogP contribution is -2.17. The summed E-state index contributed by atoms with van der Waals surface area (Å²) in [6.45, 7) is 4.20. The highest BCUT2D eigenvalue weighted by atomic mass is 19.1. The van der Waals surface area contributed by atoms with E-state index in [0.29, 0.717) is 22.9 Å². The van der Waals surface area contributed by atoms with Crippen LogP contribution in [0.25, 0.3) is 0 Å². The Morgan fingerprint density at radius 3 is 2.04 bits per heavy atom. The Labute approximate surface area is 162 Å². The monoisotopic (exact) mass is 377 g/mol. The molecule has 0 saturated heterocycles. The number of pyridine rings is 1. The maximum atomic E-state index is 13.0. The lowest BCUT2D eigenvalue weighted by Gasteiger charge is -2.09. The van der Waals surface area contributed by atoms with Crippen molar-refractivity contribution >= 4 is 23.2 Å². The average Bonchev–Trinajstić information content (AvgIpc) is 2.70. The molecule has 1 aromatic heterocycles. The topological polar surface area (TPSA) is 71.1 Å². The number of nitrogens with one attached hydrogen (secondary N) is 2. The van der Waals surface area contributed by atoms with Crippen molar-refractivity contribution in [1.82, 2.24) is 4.98 Å². The second kappa shape index (κ2) is 8.43. The van der Waals surface area contributed by atoms with Crippen LogP contribution in [0.3, 0.4) is 0 Å². The molecule has 28 heavy (non-hydrogen) atoms. The molecule has 0 bridgehead atoms. The van der Waals surface area contributed by atoms with E-state index in [0.717, 1.165) is 0 Å². The second-order valence-electron chi connectivity index (χ2n) is 6.62. The third kappa shape index (κ3) is 4.79. The Morgan fingerprint density at radius 1 is 0.857 bits per heavy atom. The number of anilines is 2. The van der Waals surface area contributed by atoms with Gasteiger partial charge in [-0.25, -0.2) is 4.39 Å². The zero-order valence-corrected chi connectivity index (χ0v) is 15.6. The molecule has 0 fully saturated rings. The Hall–Kier alpha value is -3.54. The van der Waals surface area contributed by atoms with Gasteiger partial charge in [0.15, 0.2) is 0 Å². The van der Waals surface area contributed by atoms with Crippen molar-refractivity contribution in [3.05, 3.63) is 89.5 Å². The van der Waals surface area contributed by atoms with Crippen LogP contribution in [0.15, 0.2) is 66.9 Å². The Balaban J connectivity index is 1.70. The molecule has 5 nitrogen and oxygen atoms in total. The average molecular weight is 377 g/mol. The van der Waals surface area contributed by atoms with Crippen molar-refractivity contribution in [1.29, 1.82) is 0 Å². The molecule has 0 radical (unpaired) electrons. The lowest BCUT2D eigenvalue weighted by atomic mass is 10.0. The predicted molar refractivity (Wildman–Crippen MR) is 107 cm³/mol. The summed E-state index contributed by atoms with van der Waals surface area (Å²) in [6, 6.07) is 16.0. The number of nitrogens with zero attached hydrogens (tertiary/aromatic N) is 1. The molecule has 2 amide bonds. The summed E-state index contributed by atoms with van der Waals surface area (Å²) in [6.07, 6.45) is 1.40. The van der Waals surface area contributed by atoms with E-state index in [1.807, 2.05) is 24.3 Å². The molecule has 3 rings (SSSR count). The van der Waals surface area contributed by atoms with Gasteiger partial charge in [-0.2, -0.15) is 0 Å². The van der Waals surface area contributed by atoms with E-state index in [1.165, 1.54) is 48.2 Å². The van der Waals surface area contributed by atoms with Gasteiger partial charge in [0.1, 0.15) is 11.5 Å². The minimum atomic E-state index is -0.484. The van der Waals surface area contributed by atoms with Gasteiger partial charge in [0.05, 0.1) is 0 Å². The number of hydrogen-bond donors (Lipinski definition) is 2. The molecule has 0 spiro atoms. The molecule has 3 aromatic rings. The van der Waals surface area contributed by atoms with E-state index < -0.39 is 11.7 Å². The minimum absolute atomic E-state index is 0.0899. The molecule has 1 heterocycles. The second-order valence-corrected chi connectivity index (χ2v) is 6.62.